The molecule has 1 saturated heterocycles. The average molecular weight is 289 g/mol. The van der Waals surface area contributed by atoms with Crippen LogP contribution in [0.2, 0.25) is 0 Å². The van der Waals surface area contributed by atoms with Crippen LogP contribution >= 0.6 is 0 Å². The minimum absolute atomic E-state index is 0.170. The van der Waals surface area contributed by atoms with Crippen molar-refractivity contribution in [3.63, 3.8) is 0 Å². The second kappa shape index (κ2) is 7.08. The van der Waals surface area contributed by atoms with Gasteiger partial charge in [-0.1, -0.05) is 51.1 Å². The van der Waals surface area contributed by atoms with Crippen molar-refractivity contribution in [3.8, 4) is 0 Å². The molecule has 3 atom stereocenters. The summed E-state index contributed by atoms with van der Waals surface area (Å²) >= 11 is 0. The maximum Gasteiger partial charge on any atom is 0.223 e. The van der Waals surface area contributed by atoms with Crippen molar-refractivity contribution in [1.29, 1.82) is 0 Å². The molecular weight excluding hydrogens is 262 g/mol. The van der Waals surface area contributed by atoms with Crippen molar-refractivity contribution in [2.24, 2.45) is 11.8 Å². The standard InChI is InChI=1S/C18H27NO2/c1-13(2)16(15-7-5-4-6-8-15)11-18(21)19-10-9-14(3)17(20)12-19/h4-8,13-14,16-17,20H,9-12H2,1-3H3. The number of nitrogens with zero attached hydrogens (tertiary/aromatic N) is 1. The van der Waals surface area contributed by atoms with E-state index >= 15 is 0 Å². The van der Waals surface area contributed by atoms with Crippen LogP contribution in [0.4, 0.5) is 0 Å². The van der Waals surface area contributed by atoms with E-state index in [-0.39, 0.29) is 17.9 Å². The first-order chi connectivity index (χ1) is 9.99. The molecule has 3 nitrogen and oxygen atoms in total. The van der Waals surface area contributed by atoms with Crippen LogP contribution in [0, 0.1) is 11.8 Å². The molecule has 1 aliphatic rings. The number of carbonyl (C=O) groups is 1. The molecule has 1 N–H and O–H groups in total. The van der Waals surface area contributed by atoms with Crippen molar-refractivity contribution >= 4 is 5.91 Å². The molecule has 0 saturated carbocycles. The SMILES string of the molecule is CC(C)C(CC(=O)N1CCC(C)C(O)C1)c1ccccc1. The van der Waals surface area contributed by atoms with E-state index in [0.29, 0.717) is 24.8 Å². The molecule has 21 heavy (non-hydrogen) atoms. The average Bonchev–Trinajstić information content (AvgIpc) is 2.48. The van der Waals surface area contributed by atoms with E-state index in [4.69, 9.17) is 0 Å². The van der Waals surface area contributed by atoms with Crippen molar-refractivity contribution in [2.45, 2.75) is 45.6 Å². The lowest BCUT2D eigenvalue weighted by molar-refractivity contribution is -0.136. The molecule has 1 aromatic carbocycles. The van der Waals surface area contributed by atoms with Gasteiger partial charge in [0.15, 0.2) is 0 Å². The summed E-state index contributed by atoms with van der Waals surface area (Å²) in [6, 6.07) is 10.3. The van der Waals surface area contributed by atoms with Gasteiger partial charge in [0.05, 0.1) is 6.10 Å². The fraction of sp³-hybridized carbons (Fsp3) is 0.611. The third kappa shape index (κ3) is 4.07. The Hall–Kier alpha value is -1.35. The Labute approximate surface area is 128 Å². The van der Waals surface area contributed by atoms with Crippen LogP contribution in [0.5, 0.6) is 0 Å². The number of amides is 1. The van der Waals surface area contributed by atoms with Gasteiger partial charge in [-0.3, -0.25) is 4.79 Å². The van der Waals surface area contributed by atoms with Gasteiger partial charge in [-0.05, 0) is 29.7 Å². The zero-order valence-corrected chi connectivity index (χ0v) is 13.3. The number of likely N-dealkylation sites (tertiary alicyclic amines) is 1. The number of aliphatic hydroxyl groups is 1. The summed E-state index contributed by atoms with van der Waals surface area (Å²) in [5.41, 5.74) is 1.23. The third-order valence-electron chi connectivity index (χ3n) is 4.70. The van der Waals surface area contributed by atoms with Crippen LogP contribution in [-0.2, 0) is 4.79 Å². The minimum Gasteiger partial charge on any atom is -0.391 e. The Bertz CT molecular complexity index is 458. The second-order valence-electron chi connectivity index (χ2n) is 6.64. The molecule has 3 unspecified atom stereocenters. The molecule has 1 aliphatic heterocycles. The number of benzene rings is 1. The van der Waals surface area contributed by atoms with Crippen LogP contribution in [-0.4, -0.2) is 35.1 Å². The van der Waals surface area contributed by atoms with Crippen molar-refractivity contribution in [3.05, 3.63) is 35.9 Å². The molecule has 2 rings (SSSR count). The first kappa shape index (κ1) is 16.0. The number of carbonyl (C=O) groups excluding carboxylic acids is 1. The molecule has 1 heterocycles. The predicted octanol–water partition coefficient (Wildman–Crippen LogP) is 3.05. The van der Waals surface area contributed by atoms with Crippen molar-refractivity contribution in [2.75, 3.05) is 13.1 Å². The molecule has 3 heteroatoms. The molecule has 116 valence electrons. The predicted molar refractivity (Wildman–Crippen MR) is 85.0 cm³/mol. The molecule has 0 aromatic heterocycles. The second-order valence-corrected chi connectivity index (χ2v) is 6.64. The fourth-order valence-corrected chi connectivity index (χ4v) is 3.03. The first-order valence-corrected chi connectivity index (χ1v) is 7.99. The van der Waals surface area contributed by atoms with Gasteiger partial charge in [0.25, 0.3) is 0 Å². The summed E-state index contributed by atoms with van der Waals surface area (Å²) in [5, 5.41) is 9.96. The summed E-state index contributed by atoms with van der Waals surface area (Å²) in [4.78, 5) is 14.4. The highest BCUT2D eigenvalue weighted by Gasteiger charge is 2.29. The molecule has 1 aromatic rings. The molecular formula is C18H27NO2. The van der Waals surface area contributed by atoms with E-state index in [1.165, 1.54) is 5.56 Å². The van der Waals surface area contributed by atoms with Crippen LogP contribution in [0.15, 0.2) is 30.3 Å². The number of hydrogen-bond donors (Lipinski definition) is 1. The van der Waals surface area contributed by atoms with E-state index in [1.54, 1.807) is 0 Å². The van der Waals surface area contributed by atoms with E-state index < -0.39 is 0 Å². The molecule has 1 fully saturated rings. The zero-order valence-electron chi connectivity index (χ0n) is 13.3. The maximum absolute atomic E-state index is 12.6. The maximum atomic E-state index is 12.6. The smallest absolute Gasteiger partial charge is 0.223 e. The van der Waals surface area contributed by atoms with E-state index in [9.17, 15) is 9.90 Å². The van der Waals surface area contributed by atoms with Crippen LogP contribution in [0.25, 0.3) is 0 Å². The Morgan fingerprint density at radius 1 is 1.33 bits per heavy atom. The number of rotatable bonds is 4. The summed E-state index contributed by atoms with van der Waals surface area (Å²) < 4.78 is 0. The number of β-amino-alcohol motifs (C(OH)–C–C–N with tert-alkyl or cyclic N) is 1. The summed E-state index contributed by atoms with van der Waals surface area (Å²) in [7, 11) is 0. The number of piperidine rings is 1. The number of aliphatic hydroxyl groups excluding tert-OH is 1. The molecule has 0 aliphatic carbocycles. The summed E-state index contributed by atoms with van der Waals surface area (Å²) in [6.45, 7) is 7.64. The molecule has 1 amide bonds. The molecule has 0 radical (unpaired) electrons. The highest BCUT2D eigenvalue weighted by molar-refractivity contribution is 5.77. The Morgan fingerprint density at radius 2 is 2.00 bits per heavy atom. The number of hydrogen-bond acceptors (Lipinski definition) is 2. The van der Waals surface area contributed by atoms with Gasteiger partial charge >= 0.3 is 0 Å². The van der Waals surface area contributed by atoms with E-state index in [2.05, 4.69) is 26.0 Å². The van der Waals surface area contributed by atoms with Gasteiger partial charge < -0.3 is 10.0 Å². The van der Waals surface area contributed by atoms with Crippen LogP contribution in [0.1, 0.15) is 45.1 Å². The van der Waals surface area contributed by atoms with E-state index in [1.807, 2.05) is 30.0 Å². The highest BCUT2D eigenvalue weighted by Crippen LogP contribution is 2.29. The van der Waals surface area contributed by atoms with Gasteiger partial charge in [-0.25, -0.2) is 0 Å². The highest BCUT2D eigenvalue weighted by atomic mass is 16.3. The molecule has 0 bridgehead atoms. The topological polar surface area (TPSA) is 40.5 Å². The van der Waals surface area contributed by atoms with Gasteiger partial charge in [-0.15, -0.1) is 0 Å². The lowest BCUT2D eigenvalue weighted by Gasteiger charge is -2.35. The quantitative estimate of drug-likeness (QED) is 0.925. The summed E-state index contributed by atoms with van der Waals surface area (Å²) in [6.07, 6.45) is 1.05. The van der Waals surface area contributed by atoms with Crippen molar-refractivity contribution < 1.29 is 9.90 Å². The summed E-state index contributed by atoms with van der Waals surface area (Å²) in [5.74, 6) is 1.13. The van der Waals surface area contributed by atoms with E-state index in [0.717, 1.165) is 13.0 Å². The van der Waals surface area contributed by atoms with Gasteiger partial charge in [0.2, 0.25) is 5.91 Å². The zero-order chi connectivity index (χ0) is 15.4. The minimum atomic E-state index is -0.378. The van der Waals surface area contributed by atoms with Gasteiger partial charge in [0.1, 0.15) is 0 Å². The normalized spacial score (nSPS) is 24.1. The Balaban J connectivity index is 2.02. The lowest BCUT2D eigenvalue weighted by Crippen LogP contribution is -2.46. The Kier molecular flexibility index (Phi) is 5.40. The van der Waals surface area contributed by atoms with Crippen LogP contribution < -0.4 is 0 Å². The van der Waals surface area contributed by atoms with Gasteiger partial charge in [0, 0.05) is 19.5 Å². The molecule has 0 spiro atoms. The largest absolute Gasteiger partial charge is 0.391 e. The van der Waals surface area contributed by atoms with Crippen LogP contribution in [0.3, 0.4) is 0 Å². The monoisotopic (exact) mass is 289 g/mol. The first-order valence-electron chi connectivity index (χ1n) is 7.99. The fourth-order valence-electron chi connectivity index (χ4n) is 3.03. The van der Waals surface area contributed by atoms with Crippen molar-refractivity contribution in [1.82, 2.24) is 4.90 Å². The van der Waals surface area contributed by atoms with Gasteiger partial charge in [-0.2, -0.15) is 0 Å². The third-order valence-corrected chi connectivity index (χ3v) is 4.70. The Morgan fingerprint density at radius 3 is 2.57 bits per heavy atom. The lowest BCUT2D eigenvalue weighted by atomic mass is 9.85.